The molecule has 1 atom stereocenters. The Labute approximate surface area is 84.0 Å². The molecule has 14 heavy (non-hydrogen) atoms. The van der Waals surface area contributed by atoms with Gasteiger partial charge in [0.05, 0.1) is 19.1 Å². The summed E-state index contributed by atoms with van der Waals surface area (Å²) in [4.78, 5) is 10.2. The van der Waals surface area contributed by atoms with Gasteiger partial charge in [0, 0.05) is 5.92 Å². The van der Waals surface area contributed by atoms with E-state index in [9.17, 15) is 0 Å². The van der Waals surface area contributed by atoms with Gasteiger partial charge in [-0.15, -0.1) is 6.58 Å². The van der Waals surface area contributed by atoms with E-state index in [2.05, 4.69) is 28.5 Å². The molecule has 4 nitrogen and oxygen atoms in total. The average Bonchev–Trinajstić information content (AvgIpc) is 2.65. The summed E-state index contributed by atoms with van der Waals surface area (Å²) in [6, 6.07) is 0. The van der Waals surface area contributed by atoms with Crippen LogP contribution in [0.3, 0.4) is 0 Å². The number of nitrogen functional groups attached to an aromatic ring is 1. The van der Waals surface area contributed by atoms with Crippen LogP contribution in [0.4, 0.5) is 0 Å². The first-order valence-electron chi connectivity index (χ1n) is 4.65. The number of hydrogen-bond donors (Lipinski definition) is 3. The van der Waals surface area contributed by atoms with Crippen molar-refractivity contribution in [3.63, 3.8) is 0 Å². The van der Waals surface area contributed by atoms with E-state index in [1.807, 2.05) is 6.08 Å². The van der Waals surface area contributed by atoms with Crippen molar-refractivity contribution in [2.75, 3.05) is 7.05 Å². The molecule has 0 amide bonds. The maximum absolute atomic E-state index is 5.77. The molecule has 0 aliphatic carbocycles. The fraction of sp³-hybridized carbons (Fsp3) is 0.400. The lowest BCUT2D eigenvalue weighted by Gasteiger charge is -2.06. The summed E-state index contributed by atoms with van der Waals surface area (Å²) in [5, 5.41) is 0. The van der Waals surface area contributed by atoms with Crippen molar-refractivity contribution in [1.29, 1.82) is 0 Å². The second-order valence-corrected chi connectivity index (χ2v) is 3.25. The number of nitrogens with one attached hydrogen (secondary N) is 2. The fourth-order valence-electron chi connectivity index (χ4n) is 1.38. The van der Waals surface area contributed by atoms with Crippen LogP contribution >= 0.6 is 0 Å². The fourth-order valence-corrected chi connectivity index (χ4v) is 1.38. The molecule has 0 radical (unpaired) electrons. The Morgan fingerprint density at radius 3 is 3.14 bits per heavy atom. The normalized spacial score (nSPS) is 14.0. The largest absolute Gasteiger partial charge is 0.347 e. The summed E-state index contributed by atoms with van der Waals surface area (Å²) in [5.41, 5.74) is 7.63. The molecule has 0 aromatic carbocycles. The van der Waals surface area contributed by atoms with Gasteiger partial charge < -0.3 is 4.98 Å². The summed E-state index contributed by atoms with van der Waals surface area (Å²) in [6.07, 6.45) is 4.46. The zero-order valence-electron chi connectivity index (χ0n) is 8.67. The highest BCUT2D eigenvalue weighted by Gasteiger charge is 2.17. The molecule has 0 aliphatic rings. The van der Waals surface area contributed by atoms with Gasteiger partial charge in [0.1, 0.15) is 0 Å². The van der Waals surface area contributed by atoms with Gasteiger partial charge in [0.25, 0.3) is 5.84 Å². The minimum Gasteiger partial charge on any atom is -0.347 e. The van der Waals surface area contributed by atoms with Gasteiger partial charge in [-0.3, -0.25) is 10.7 Å². The summed E-state index contributed by atoms with van der Waals surface area (Å²) in [5.74, 6) is 0.953. The topological polar surface area (TPSA) is 68.7 Å². The molecule has 0 saturated heterocycles. The monoisotopic (exact) mass is 193 g/mol. The van der Waals surface area contributed by atoms with E-state index in [0.717, 1.165) is 17.8 Å². The van der Waals surface area contributed by atoms with Crippen LogP contribution in [0.15, 0.2) is 19.0 Å². The van der Waals surface area contributed by atoms with E-state index < -0.39 is 0 Å². The van der Waals surface area contributed by atoms with Crippen molar-refractivity contribution in [3.8, 4) is 0 Å². The van der Waals surface area contributed by atoms with Crippen LogP contribution < -0.4 is 10.7 Å². The Morgan fingerprint density at radius 2 is 2.57 bits per heavy atom. The van der Waals surface area contributed by atoms with Crippen LogP contribution in [0.1, 0.15) is 30.7 Å². The zero-order valence-corrected chi connectivity index (χ0v) is 8.67. The predicted octanol–water partition coefficient (Wildman–Crippen LogP) is -0.495. The summed E-state index contributed by atoms with van der Waals surface area (Å²) in [7, 11) is 1.78. The molecule has 1 heterocycles. The second-order valence-electron chi connectivity index (χ2n) is 3.25. The van der Waals surface area contributed by atoms with E-state index in [1.165, 1.54) is 0 Å². The van der Waals surface area contributed by atoms with Crippen molar-refractivity contribution in [2.45, 2.75) is 19.3 Å². The number of aromatic nitrogens is 2. The number of aromatic amines is 1. The number of allylic oxidation sites excluding steroid dienone is 1. The minimum atomic E-state index is 0.358. The Kier molecular flexibility index (Phi) is 3.45. The van der Waals surface area contributed by atoms with Crippen LogP contribution in [0.25, 0.3) is 0 Å². The lowest BCUT2D eigenvalue weighted by molar-refractivity contribution is -0.420. The van der Waals surface area contributed by atoms with Crippen molar-refractivity contribution < 1.29 is 4.99 Å². The molecular formula is C10H17N4+. The molecular weight excluding hydrogens is 176 g/mol. The number of imidazole rings is 1. The van der Waals surface area contributed by atoms with Gasteiger partial charge in [0.15, 0.2) is 5.69 Å². The number of nitrogens with two attached hydrogens (primary N) is 1. The van der Waals surface area contributed by atoms with Crippen LogP contribution in [-0.2, 0) is 0 Å². The first-order valence-corrected chi connectivity index (χ1v) is 4.65. The quantitative estimate of drug-likeness (QED) is 0.343. The Hall–Kier alpha value is -1.58. The standard InChI is InChI=1S/C10H16N4/c1-4-5-7(2)8-9(10(11)12-3)14-6-13-8/h4,6-7H,1,5H2,2-3H3,(H2,11,12)(H,13,14)/p+1. The number of hydrogen-bond acceptors (Lipinski definition) is 1. The highest BCUT2D eigenvalue weighted by molar-refractivity contribution is 5.92. The van der Waals surface area contributed by atoms with E-state index in [-0.39, 0.29) is 0 Å². The summed E-state index contributed by atoms with van der Waals surface area (Å²) < 4.78 is 0. The van der Waals surface area contributed by atoms with Crippen LogP contribution in [-0.4, -0.2) is 22.9 Å². The molecule has 4 heteroatoms. The molecule has 4 N–H and O–H groups in total. The highest BCUT2D eigenvalue weighted by atomic mass is 15.0. The van der Waals surface area contributed by atoms with Gasteiger partial charge in [-0.2, -0.15) is 0 Å². The number of amidine groups is 1. The molecule has 1 rings (SSSR count). The van der Waals surface area contributed by atoms with Crippen molar-refractivity contribution >= 4 is 5.84 Å². The molecule has 0 bridgehead atoms. The van der Waals surface area contributed by atoms with Gasteiger partial charge >= 0.3 is 0 Å². The average molecular weight is 193 g/mol. The van der Waals surface area contributed by atoms with Crippen molar-refractivity contribution in [1.82, 2.24) is 9.97 Å². The van der Waals surface area contributed by atoms with Gasteiger partial charge in [-0.1, -0.05) is 13.0 Å². The summed E-state index contributed by atoms with van der Waals surface area (Å²) >= 11 is 0. The lowest BCUT2D eigenvalue weighted by Crippen LogP contribution is -2.71. The van der Waals surface area contributed by atoms with Crippen LogP contribution in [0.5, 0.6) is 0 Å². The van der Waals surface area contributed by atoms with Crippen LogP contribution in [0, 0.1) is 0 Å². The molecule has 1 aromatic heterocycles. The third-order valence-electron chi connectivity index (χ3n) is 2.21. The molecule has 0 fully saturated rings. The van der Waals surface area contributed by atoms with E-state index in [4.69, 9.17) is 5.73 Å². The van der Waals surface area contributed by atoms with E-state index >= 15 is 0 Å². The number of rotatable bonds is 4. The van der Waals surface area contributed by atoms with Crippen molar-refractivity contribution in [2.24, 2.45) is 5.73 Å². The Morgan fingerprint density at radius 1 is 1.86 bits per heavy atom. The molecule has 0 aliphatic heterocycles. The van der Waals surface area contributed by atoms with E-state index in [0.29, 0.717) is 11.8 Å². The predicted molar refractivity (Wildman–Crippen MR) is 57.0 cm³/mol. The first kappa shape index (κ1) is 10.5. The Bertz CT molecular complexity index is 338. The minimum absolute atomic E-state index is 0.358. The molecule has 0 saturated carbocycles. The lowest BCUT2D eigenvalue weighted by atomic mass is 10.0. The third-order valence-corrected chi connectivity index (χ3v) is 2.21. The first-order chi connectivity index (χ1) is 6.70. The molecule has 0 spiro atoms. The summed E-state index contributed by atoms with van der Waals surface area (Å²) in [6.45, 7) is 5.83. The van der Waals surface area contributed by atoms with Gasteiger partial charge in [-0.25, -0.2) is 4.98 Å². The molecule has 1 aromatic rings. The number of H-pyrrole nitrogens is 1. The van der Waals surface area contributed by atoms with Gasteiger partial charge in [0.2, 0.25) is 0 Å². The molecule has 1 unspecified atom stereocenters. The molecule has 76 valence electrons. The number of nitrogens with zero attached hydrogens (tertiary/aromatic N) is 1. The van der Waals surface area contributed by atoms with Gasteiger partial charge in [-0.05, 0) is 6.42 Å². The SMILES string of the molecule is C=CCC(C)c1[nH]cnc1C(N)=[NH+]C. The van der Waals surface area contributed by atoms with Crippen molar-refractivity contribution in [3.05, 3.63) is 30.4 Å². The van der Waals surface area contributed by atoms with Crippen LogP contribution in [0.2, 0.25) is 0 Å². The zero-order chi connectivity index (χ0) is 10.6. The smallest absolute Gasteiger partial charge is 0.293 e. The maximum atomic E-state index is 5.77. The maximum Gasteiger partial charge on any atom is 0.293 e. The second kappa shape index (κ2) is 4.60. The third kappa shape index (κ3) is 2.02. The van der Waals surface area contributed by atoms with E-state index in [1.54, 1.807) is 13.4 Å². The highest BCUT2D eigenvalue weighted by Crippen LogP contribution is 2.19. The Balaban J connectivity index is 2.97.